The van der Waals surface area contributed by atoms with Gasteiger partial charge in [0.2, 0.25) is 21.8 Å². The van der Waals surface area contributed by atoms with E-state index in [1.165, 1.54) is 4.90 Å². The molecule has 1 N–H and O–H groups in total. The molecule has 0 saturated carbocycles. The summed E-state index contributed by atoms with van der Waals surface area (Å²) in [4.78, 5) is 27.7. The summed E-state index contributed by atoms with van der Waals surface area (Å²) in [6.45, 7) is 8.75. The first-order chi connectivity index (χ1) is 15.8. The molecule has 2 aromatic rings. The van der Waals surface area contributed by atoms with E-state index < -0.39 is 28.5 Å². The Kier molecular flexibility index (Phi) is 9.09. The second-order valence-electron chi connectivity index (χ2n) is 8.70. The molecule has 9 heteroatoms. The van der Waals surface area contributed by atoms with Gasteiger partial charge in [-0.3, -0.25) is 13.9 Å². The summed E-state index contributed by atoms with van der Waals surface area (Å²) in [7, 11) is -2.20. The number of carbonyl (C=O) groups is 2. The molecule has 0 saturated heterocycles. The van der Waals surface area contributed by atoms with Gasteiger partial charge in [0.25, 0.3) is 0 Å². The molecule has 0 bridgehead atoms. The molecule has 0 aromatic heterocycles. The number of hydrogen-bond donors (Lipinski definition) is 1. The fourth-order valence-corrected chi connectivity index (χ4v) is 4.42. The van der Waals surface area contributed by atoms with Gasteiger partial charge in [0.05, 0.1) is 19.1 Å². The van der Waals surface area contributed by atoms with E-state index in [-0.39, 0.29) is 18.5 Å². The number of aryl methyl sites for hydroxylation is 1. The minimum Gasteiger partial charge on any atom is -0.497 e. The number of sulfonamides is 1. The maximum atomic E-state index is 13.5. The highest BCUT2D eigenvalue weighted by atomic mass is 32.2. The van der Waals surface area contributed by atoms with Crippen molar-refractivity contribution in [2.75, 3.05) is 24.2 Å². The average Bonchev–Trinajstić information content (AvgIpc) is 2.76. The molecule has 0 radical (unpaired) electrons. The number of nitrogens with zero attached hydrogens (tertiary/aromatic N) is 2. The van der Waals surface area contributed by atoms with Gasteiger partial charge in [0.1, 0.15) is 18.3 Å². The van der Waals surface area contributed by atoms with Gasteiger partial charge >= 0.3 is 0 Å². The molecule has 0 aliphatic heterocycles. The Morgan fingerprint density at radius 1 is 1.03 bits per heavy atom. The predicted octanol–water partition coefficient (Wildman–Crippen LogP) is 3.02. The highest BCUT2D eigenvalue weighted by Crippen LogP contribution is 2.25. The zero-order chi connectivity index (χ0) is 25.6. The van der Waals surface area contributed by atoms with Gasteiger partial charge in [-0.25, -0.2) is 8.42 Å². The molecule has 0 aliphatic rings. The van der Waals surface area contributed by atoms with Gasteiger partial charge in [0.15, 0.2) is 0 Å². The number of methoxy groups -OCH3 is 1. The van der Waals surface area contributed by atoms with Crippen LogP contribution in [0.25, 0.3) is 0 Å². The smallest absolute Gasteiger partial charge is 0.244 e. The lowest BCUT2D eigenvalue weighted by molar-refractivity contribution is -0.139. The number of nitrogens with one attached hydrogen (secondary N) is 1. The topological polar surface area (TPSA) is 96.0 Å². The van der Waals surface area contributed by atoms with Crippen molar-refractivity contribution in [3.63, 3.8) is 0 Å². The maximum Gasteiger partial charge on any atom is 0.244 e. The van der Waals surface area contributed by atoms with Crippen molar-refractivity contribution in [3.05, 3.63) is 59.2 Å². The van der Waals surface area contributed by atoms with Crippen molar-refractivity contribution in [3.8, 4) is 5.75 Å². The molecule has 8 nitrogen and oxygen atoms in total. The van der Waals surface area contributed by atoms with Crippen LogP contribution < -0.4 is 14.4 Å². The number of carbonyl (C=O) groups excluding carboxylic acids is 2. The summed E-state index contributed by atoms with van der Waals surface area (Å²) >= 11 is 0. The minimum atomic E-state index is -3.76. The zero-order valence-corrected chi connectivity index (χ0v) is 21.8. The maximum absolute atomic E-state index is 13.5. The molecular weight excluding hydrogens is 454 g/mol. The van der Waals surface area contributed by atoms with Crippen molar-refractivity contribution >= 4 is 27.5 Å². The Hall–Kier alpha value is -3.07. The molecule has 0 fully saturated rings. The Labute approximate surface area is 202 Å². The molecule has 34 heavy (non-hydrogen) atoms. The molecule has 0 unspecified atom stereocenters. The standard InChI is InChI=1S/C25H35N3O5S/c1-17(2)26-25(30)20(5)27(15-21-11-13-22(33-6)14-12-21)24(29)16-28(34(7,31)32)23-10-8-9-18(3)19(23)4/h8-14,17,20H,15-16H2,1-7H3,(H,26,30)/t20-/m0/s1. The van der Waals surface area contributed by atoms with Crippen LogP contribution >= 0.6 is 0 Å². The van der Waals surface area contributed by atoms with Gasteiger partial charge in [-0.2, -0.15) is 0 Å². The van der Waals surface area contributed by atoms with Crippen LogP contribution in [0.4, 0.5) is 5.69 Å². The third kappa shape index (κ3) is 6.96. The van der Waals surface area contributed by atoms with Crippen LogP contribution in [-0.4, -0.2) is 57.1 Å². The van der Waals surface area contributed by atoms with Gasteiger partial charge in [-0.1, -0.05) is 24.3 Å². The van der Waals surface area contributed by atoms with E-state index in [0.717, 1.165) is 27.3 Å². The lowest BCUT2D eigenvalue weighted by Crippen LogP contribution is -2.52. The van der Waals surface area contributed by atoms with E-state index in [2.05, 4.69) is 5.32 Å². The Morgan fingerprint density at radius 2 is 1.65 bits per heavy atom. The Bertz CT molecular complexity index is 1110. The van der Waals surface area contributed by atoms with Crippen LogP contribution in [-0.2, 0) is 26.2 Å². The lowest BCUT2D eigenvalue weighted by Gasteiger charge is -2.32. The molecule has 2 amide bonds. The Morgan fingerprint density at radius 3 is 2.18 bits per heavy atom. The molecule has 0 spiro atoms. The molecular formula is C25H35N3O5S. The van der Waals surface area contributed by atoms with Gasteiger partial charge < -0.3 is 15.0 Å². The van der Waals surface area contributed by atoms with Crippen molar-refractivity contribution in [1.29, 1.82) is 0 Å². The molecule has 2 aromatic carbocycles. The van der Waals surface area contributed by atoms with Gasteiger partial charge in [0, 0.05) is 12.6 Å². The summed E-state index contributed by atoms with van der Waals surface area (Å²) < 4.78 is 31.7. The van der Waals surface area contributed by atoms with Crippen LogP contribution in [0.5, 0.6) is 5.75 Å². The number of anilines is 1. The SMILES string of the molecule is COc1ccc(CN(C(=O)CN(c2cccc(C)c2C)S(C)(=O)=O)[C@@H](C)C(=O)NC(C)C)cc1. The highest BCUT2D eigenvalue weighted by Gasteiger charge is 2.30. The van der Waals surface area contributed by atoms with Crippen LogP contribution in [0, 0.1) is 13.8 Å². The van der Waals surface area contributed by atoms with E-state index >= 15 is 0 Å². The first-order valence-corrected chi connectivity index (χ1v) is 13.0. The quantitative estimate of drug-likeness (QED) is 0.554. The van der Waals surface area contributed by atoms with E-state index in [9.17, 15) is 18.0 Å². The monoisotopic (exact) mass is 489 g/mol. The first-order valence-electron chi connectivity index (χ1n) is 11.1. The van der Waals surface area contributed by atoms with Crippen molar-refractivity contribution in [2.45, 2.75) is 53.2 Å². The minimum absolute atomic E-state index is 0.102. The second-order valence-corrected chi connectivity index (χ2v) is 10.6. The second kappa shape index (κ2) is 11.4. The fourth-order valence-electron chi connectivity index (χ4n) is 3.52. The normalized spacial score (nSPS) is 12.2. The summed E-state index contributed by atoms with van der Waals surface area (Å²) in [6, 6.07) is 11.6. The first kappa shape index (κ1) is 27.2. The number of hydrogen-bond acceptors (Lipinski definition) is 5. The van der Waals surface area contributed by atoms with Crippen LogP contribution in [0.2, 0.25) is 0 Å². The molecule has 0 heterocycles. The van der Waals surface area contributed by atoms with E-state index in [1.54, 1.807) is 38.3 Å². The van der Waals surface area contributed by atoms with E-state index in [4.69, 9.17) is 4.74 Å². The summed E-state index contributed by atoms with van der Waals surface area (Å²) in [6.07, 6.45) is 1.07. The van der Waals surface area contributed by atoms with E-state index in [1.807, 2.05) is 45.9 Å². The average molecular weight is 490 g/mol. The highest BCUT2D eigenvalue weighted by molar-refractivity contribution is 7.92. The number of ether oxygens (including phenoxy) is 1. The van der Waals surface area contributed by atoms with E-state index in [0.29, 0.717) is 11.4 Å². The Balaban J connectivity index is 2.42. The van der Waals surface area contributed by atoms with Crippen molar-refractivity contribution < 1.29 is 22.7 Å². The number of rotatable bonds is 10. The van der Waals surface area contributed by atoms with Crippen LogP contribution in [0.1, 0.15) is 37.5 Å². The van der Waals surface area contributed by atoms with Gasteiger partial charge in [-0.05, 0) is 69.5 Å². The predicted molar refractivity (Wildman–Crippen MR) is 134 cm³/mol. The molecule has 1 atom stereocenters. The van der Waals surface area contributed by atoms with Crippen molar-refractivity contribution in [1.82, 2.24) is 10.2 Å². The van der Waals surface area contributed by atoms with Crippen LogP contribution in [0.15, 0.2) is 42.5 Å². The molecule has 0 aliphatic carbocycles. The summed E-state index contributed by atoms with van der Waals surface area (Å²) in [5.74, 6) is -0.117. The number of amides is 2. The van der Waals surface area contributed by atoms with Crippen LogP contribution in [0.3, 0.4) is 0 Å². The third-order valence-corrected chi connectivity index (χ3v) is 6.76. The molecule has 186 valence electrons. The zero-order valence-electron chi connectivity index (χ0n) is 21.0. The lowest BCUT2D eigenvalue weighted by atomic mass is 10.1. The summed E-state index contributed by atoms with van der Waals surface area (Å²) in [5, 5.41) is 2.83. The fraction of sp³-hybridized carbons (Fsp3) is 0.440. The number of benzene rings is 2. The molecule has 2 rings (SSSR count). The van der Waals surface area contributed by atoms with Crippen molar-refractivity contribution in [2.24, 2.45) is 0 Å². The van der Waals surface area contributed by atoms with Gasteiger partial charge in [-0.15, -0.1) is 0 Å². The summed E-state index contributed by atoms with van der Waals surface area (Å²) in [5.41, 5.74) is 2.92. The largest absolute Gasteiger partial charge is 0.497 e. The third-order valence-electron chi connectivity index (χ3n) is 5.63.